The van der Waals surface area contributed by atoms with Crippen molar-refractivity contribution in [3.63, 3.8) is 0 Å². The number of non-ortho nitro benzene ring substituents is 2. The number of nitro benzene ring substituents is 2. The summed E-state index contributed by atoms with van der Waals surface area (Å²) in [5.41, 5.74) is 0.965. The minimum Gasteiger partial charge on any atom is -0.467 e. The predicted molar refractivity (Wildman–Crippen MR) is 126 cm³/mol. The lowest BCUT2D eigenvalue weighted by atomic mass is 10.2. The van der Waals surface area contributed by atoms with Crippen LogP contribution in [-0.4, -0.2) is 32.0 Å². The van der Waals surface area contributed by atoms with Crippen LogP contribution in [-0.2, 0) is 11.3 Å². The molecule has 1 amide bonds. The summed E-state index contributed by atoms with van der Waals surface area (Å²) in [5.74, 6) is 0.190. The molecule has 1 saturated heterocycles. The van der Waals surface area contributed by atoms with Gasteiger partial charge in [0, 0.05) is 24.3 Å². The molecule has 0 unspecified atom stereocenters. The average molecular weight is 477 g/mol. The number of amidine groups is 1. The Bertz CT molecular complexity index is 1330. The third kappa shape index (κ3) is 5.24. The summed E-state index contributed by atoms with van der Waals surface area (Å²) in [6.07, 6.45) is 4.46. The molecule has 34 heavy (non-hydrogen) atoms. The van der Waals surface area contributed by atoms with Crippen LogP contribution >= 0.6 is 11.8 Å². The molecule has 170 valence electrons. The summed E-state index contributed by atoms with van der Waals surface area (Å²) >= 11 is 1.07. The Kier molecular flexibility index (Phi) is 6.59. The van der Waals surface area contributed by atoms with Gasteiger partial charge >= 0.3 is 0 Å². The molecule has 2 heterocycles. The summed E-state index contributed by atoms with van der Waals surface area (Å²) in [5, 5.41) is 30.3. The quantitative estimate of drug-likeness (QED) is 0.209. The van der Waals surface area contributed by atoms with E-state index in [1.807, 2.05) is 0 Å². The number of hydrogen-bond donors (Lipinski definition) is 0. The third-order valence-corrected chi connectivity index (χ3v) is 5.61. The van der Waals surface area contributed by atoms with E-state index in [0.29, 0.717) is 21.8 Å². The number of nitro groups is 2. The van der Waals surface area contributed by atoms with Gasteiger partial charge in [-0.2, -0.15) is 5.10 Å². The van der Waals surface area contributed by atoms with E-state index in [0.717, 1.165) is 11.8 Å². The Morgan fingerprint density at radius 1 is 0.971 bits per heavy atom. The zero-order valence-corrected chi connectivity index (χ0v) is 18.1. The van der Waals surface area contributed by atoms with E-state index in [9.17, 15) is 25.0 Å². The second-order valence-corrected chi connectivity index (χ2v) is 7.92. The Morgan fingerprint density at radius 3 is 2.41 bits per heavy atom. The number of carbonyl (C=O) groups excluding carboxylic acids is 1. The van der Waals surface area contributed by atoms with Crippen LogP contribution in [0.1, 0.15) is 16.9 Å². The number of benzene rings is 2. The monoisotopic (exact) mass is 477 g/mol. The number of furan rings is 1. The molecule has 0 atom stereocenters. The lowest BCUT2D eigenvalue weighted by Gasteiger charge is -2.12. The van der Waals surface area contributed by atoms with Crippen molar-refractivity contribution in [3.8, 4) is 0 Å². The van der Waals surface area contributed by atoms with Crippen molar-refractivity contribution < 1.29 is 19.1 Å². The van der Waals surface area contributed by atoms with Crippen molar-refractivity contribution >= 4 is 46.5 Å². The largest absolute Gasteiger partial charge is 0.467 e. The van der Waals surface area contributed by atoms with Gasteiger partial charge in [-0.15, -0.1) is 5.10 Å². The summed E-state index contributed by atoms with van der Waals surface area (Å²) in [7, 11) is 0. The van der Waals surface area contributed by atoms with Gasteiger partial charge < -0.3 is 4.42 Å². The van der Waals surface area contributed by atoms with Crippen LogP contribution in [0.3, 0.4) is 0 Å². The molecule has 12 heteroatoms. The van der Waals surface area contributed by atoms with Gasteiger partial charge in [-0.1, -0.05) is 12.1 Å². The molecule has 0 aliphatic carbocycles. The molecule has 0 saturated carbocycles. The highest BCUT2D eigenvalue weighted by molar-refractivity contribution is 8.18. The van der Waals surface area contributed by atoms with Crippen LogP contribution in [0.5, 0.6) is 0 Å². The minimum atomic E-state index is -0.505. The van der Waals surface area contributed by atoms with Gasteiger partial charge in [0.15, 0.2) is 5.17 Å². The van der Waals surface area contributed by atoms with E-state index in [1.54, 1.807) is 30.3 Å². The second kappa shape index (κ2) is 9.92. The molecule has 1 aliphatic heterocycles. The SMILES string of the molecule is O=C1/C(=C/c2cccc([N+](=O)[O-])c2)S/C(=N\N=C\c2ccc([N+](=O)[O-])cc2)N1Cc1ccco1. The predicted octanol–water partition coefficient (Wildman–Crippen LogP) is 4.60. The molecule has 1 aromatic heterocycles. The van der Waals surface area contributed by atoms with Crippen LogP contribution < -0.4 is 0 Å². The first kappa shape index (κ1) is 22.6. The Balaban J connectivity index is 1.61. The molecule has 1 aliphatic rings. The maximum absolute atomic E-state index is 13.1. The van der Waals surface area contributed by atoms with Gasteiger partial charge in [0.05, 0.1) is 33.8 Å². The topological polar surface area (TPSA) is 144 Å². The van der Waals surface area contributed by atoms with E-state index < -0.39 is 9.85 Å². The van der Waals surface area contributed by atoms with Gasteiger partial charge in [0.25, 0.3) is 17.3 Å². The molecule has 4 rings (SSSR count). The lowest BCUT2D eigenvalue weighted by Crippen LogP contribution is -2.28. The van der Waals surface area contributed by atoms with Gasteiger partial charge in [0.1, 0.15) is 5.76 Å². The molecular formula is C22H15N5O6S. The first-order chi connectivity index (χ1) is 16.4. The zero-order chi connectivity index (χ0) is 24.1. The van der Waals surface area contributed by atoms with Crippen molar-refractivity contribution in [1.82, 2.24) is 4.90 Å². The van der Waals surface area contributed by atoms with Crippen molar-refractivity contribution in [1.29, 1.82) is 0 Å². The van der Waals surface area contributed by atoms with E-state index in [4.69, 9.17) is 4.42 Å². The fraction of sp³-hybridized carbons (Fsp3) is 0.0455. The molecule has 0 radical (unpaired) electrons. The minimum absolute atomic E-state index is 0.0408. The van der Waals surface area contributed by atoms with Crippen LogP contribution in [0.15, 0.2) is 86.5 Å². The molecule has 3 aromatic rings. The van der Waals surface area contributed by atoms with E-state index in [2.05, 4.69) is 10.2 Å². The summed E-state index contributed by atoms with van der Waals surface area (Å²) in [6.45, 7) is 0.122. The fourth-order valence-corrected chi connectivity index (χ4v) is 3.92. The van der Waals surface area contributed by atoms with Crippen LogP contribution in [0.2, 0.25) is 0 Å². The van der Waals surface area contributed by atoms with Crippen molar-refractivity contribution in [2.75, 3.05) is 0 Å². The van der Waals surface area contributed by atoms with Gasteiger partial charge in [-0.05, 0) is 53.2 Å². The standard InChI is InChI=1S/C22H15N5O6S/c28-21-20(12-16-3-1-4-18(11-16)27(31)32)34-22(25(21)14-19-5-2-10-33-19)24-23-13-15-6-8-17(9-7-15)26(29)30/h1-13H,14H2/b20-12-,23-13+,24-22-. The van der Waals surface area contributed by atoms with Gasteiger partial charge in [-0.25, -0.2) is 0 Å². The highest BCUT2D eigenvalue weighted by atomic mass is 32.2. The third-order valence-electron chi connectivity index (χ3n) is 4.61. The van der Waals surface area contributed by atoms with E-state index in [1.165, 1.54) is 53.8 Å². The summed E-state index contributed by atoms with van der Waals surface area (Å²) in [4.78, 5) is 35.6. The molecule has 2 aromatic carbocycles. The molecular weight excluding hydrogens is 462 g/mol. The normalized spacial score (nSPS) is 16.1. The first-order valence-electron chi connectivity index (χ1n) is 9.74. The van der Waals surface area contributed by atoms with Crippen molar-refractivity contribution in [3.05, 3.63) is 109 Å². The number of hydrogen-bond acceptors (Lipinski definition) is 9. The fourth-order valence-electron chi connectivity index (χ4n) is 2.99. The Labute approximate surface area is 196 Å². The zero-order valence-electron chi connectivity index (χ0n) is 17.3. The number of thioether (sulfide) groups is 1. The molecule has 0 bridgehead atoms. The molecule has 0 N–H and O–H groups in total. The number of carbonyl (C=O) groups is 1. The summed E-state index contributed by atoms with van der Waals surface area (Å²) < 4.78 is 5.35. The maximum Gasteiger partial charge on any atom is 0.270 e. The Morgan fingerprint density at radius 2 is 1.74 bits per heavy atom. The molecule has 11 nitrogen and oxygen atoms in total. The molecule has 1 fully saturated rings. The maximum atomic E-state index is 13.1. The number of amides is 1. The Hall–Kier alpha value is -4.58. The van der Waals surface area contributed by atoms with Gasteiger partial charge in [-0.3, -0.25) is 29.9 Å². The smallest absolute Gasteiger partial charge is 0.270 e. The summed E-state index contributed by atoms with van der Waals surface area (Å²) in [6, 6.07) is 15.1. The van der Waals surface area contributed by atoms with Crippen LogP contribution in [0.25, 0.3) is 6.08 Å². The van der Waals surface area contributed by atoms with Crippen LogP contribution in [0.4, 0.5) is 11.4 Å². The molecule has 0 spiro atoms. The van der Waals surface area contributed by atoms with E-state index in [-0.39, 0.29) is 29.0 Å². The first-order valence-corrected chi connectivity index (χ1v) is 10.6. The highest BCUT2D eigenvalue weighted by Gasteiger charge is 2.34. The van der Waals surface area contributed by atoms with Crippen molar-refractivity contribution in [2.45, 2.75) is 6.54 Å². The highest BCUT2D eigenvalue weighted by Crippen LogP contribution is 2.34. The lowest BCUT2D eigenvalue weighted by molar-refractivity contribution is -0.385. The number of rotatable bonds is 7. The van der Waals surface area contributed by atoms with Gasteiger partial charge in [0.2, 0.25) is 0 Å². The number of nitrogens with zero attached hydrogens (tertiary/aromatic N) is 5. The van der Waals surface area contributed by atoms with E-state index >= 15 is 0 Å². The second-order valence-electron chi connectivity index (χ2n) is 6.91. The van der Waals surface area contributed by atoms with Crippen LogP contribution in [0, 0.1) is 20.2 Å². The van der Waals surface area contributed by atoms with Crippen molar-refractivity contribution in [2.24, 2.45) is 10.2 Å². The average Bonchev–Trinajstić information content (AvgIpc) is 3.44.